The van der Waals surface area contributed by atoms with Gasteiger partial charge in [-0.15, -0.1) is 23.9 Å². The maximum atomic E-state index is 12.4. The molecule has 0 saturated carbocycles. The van der Waals surface area contributed by atoms with Crippen LogP contribution in [0.2, 0.25) is 306 Å². The van der Waals surface area contributed by atoms with Gasteiger partial charge in [0.05, 0.1) is 20.3 Å². The van der Waals surface area contributed by atoms with Gasteiger partial charge in [-0.05, 0) is 207 Å². The zero-order valence-corrected chi connectivity index (χ0v) is 106. The van der Waals surface area contributed by atoms with Crippen molar-refractivity contribution in [2.24, 2.45) is 0 Å². The average molecular weight is 2080 g/mol. The summed E-state index contributed by atoms with van der Waals surface area (Å²) in [5.41, 5.74) is 0.863. The minimum atomic E-state index is -1.18. The van der Waals surface area contributed by atoms with Crippen LogP contribution in [0.25, 0.3) is 0 Å². The standard InChI is InChI=1S/C19H44N2OSi4.C16H27NOSi2.C13H25N3OSi2.C13H28N2O2Si2.C12H28N2O2Si2.C11H23NSi2.C9H22ClNSi2/c1-23(2)15-16-24(3,4)20(23)13-9-11-19(22)12-10-14-21-25(5,6)17-18-26(21,7)8;1-19(2)13-14-20(3,4)17(19)12-8-11-16(18)15-9-6-5-7-10-15;1-18(2)10-11-19(3,4)16(18)8-5-6-13(17)15-9-7-14-12-15;1-18(2)11-12-19(3,4)15(18)9-5-7-13(16)14-8-6-10-17-14;1-13(16-2)12(15)8-7-9-14-17(3,4)10-11-18(14,5)6;1-6-7-8-9-12-13(2,3)10-11-14(12,4)5;1-12(2)8-9-13(3,4)11(12)7-5-6-10/h9-18H2,1-8H3;5-7,9-10H,8,11-14H2,1-4H3;7,9,12H,5-6,8,10-11H2,1-4H3;5-12H2,1-4H3;7-11H2,1-6H3;1H,7-11H2,2-5H3;5-9H2,1-4H3. The molecule has 11 rings (SSSR count). The highest BCUT2D eigenvalue weighted by atomic mass is 35.5. The van der Waals surface area contributed by atoms with Gasteiger partial charge in [-0.1, -0.05) is 240 Å². The quantitative estimate of drug-likeness (QED) is 0.0170. The van der Waals surface area contributed by atoms with E-state index in [9.17, 15) is 24.0 Å². The van der Waals surface area contributed by atoms with Crippen LogP contribution in [0, 0.1) is 12.3 Å². The van der Waals surface area contributed by atoms with Gasteiger partial charge in [0.25, 0.3) is 0 Å². The van der Waals surface area contributed by atoms with Crippen LogP contribution >= 0.6 is 11.6 Å². The fourth-order valence-corrected chi connectivity index (χ4v) is 138. The normalized spacial score (nSPS) is 24.2. The maximum Gasteiger partial charge on any atom is 0.246 e. The van der Waals surface area contributed by atoms with Gasteiger partial charge in [-0.2, -0.15) is 0 Å². The number of alkyl halides is 1. The molecule has 129 heavy (non-hydrogen) atoms. The zero-order chi connectivity index (χ0) is 97.7. The monoisotopic (exact) mass is 2080 g/mol. The number of aromatic nitrogens is 2. The molecule has 9 aliphatic heterocycles. The Hall–Kier alpha value is -0.700. The molecule has 0 unspecified atom stereocenters. The highest BCUT2D eigenvalue weighted by Crippen LogP contribution is 2.44. The summed E-state index contributed by atoms with van der Waals surface area (Å²) in [6.07, 6.45) is 24.9. The third kappa shape index (κ3) is 35.8. The van der Waals surface area contributed by atoms with Crippen molar-refractivity contribution in [3.63, 3.8) is 0 Å². The topological polar surface area (TPSA) is 154 Å². The van der Waals surface area contributed by atoms with Crippen LogP contribution in [0.3, 0.4) is 0 Å². The Labute approximate surface area is 814 Å². The van der Waals surface area contributed by atoms with E-state index in [1.165, 1.54) is 148 Å². The number of imidazole rings is 1. The van der Waals surface area contributed by atoms with E-state index >= 15 is 0 Å². The lowest BCUT2D eigenvalue weighted by molar-refractivity contribution is -0.169. The summed E-state index contributed by atoms with van der Waals surface area (Å²) in [5.74, 6) is 4.80. The van der Waals surface area contributed by atoms with Crippen molar-refractivity contribution in [1.82, 2.24) is 53.5 Å². The molecule has 19 nitrogen and oxygen atoms in total. The number of halogens is 1. The fourth-order valence-electron chi connectivity index (χ4n) is 23.9. The van der Waals surface area contributed by atoms with Crippen molar-refractivity contribution >= 4 is 173 Å². The van der Waals surface area contributed by atoms with E-state index in [1.807, 2.05) is 30.3 Å². The number of Topliss-reactive ketones (excluding diaryl/α,β-unsaturated/α-hetero) is 2. The van der Waals surface area contributed by atoms with Crippen molar-refractivity contribution in [2.75, 3.05) is 85.5 Å². The van der Waals surface area contributed by atoms with Crippen molar-refractivity contribution in [3.8, 4) is 12.3 Å². The van der Waals surface area contributed by atoms with Crippen LogP contribution in [0.4, 0.5) is 0 Å². The highest BCUT2D eigenvalue weighted by molar-refractivity contribution is 7.00. The summed E-state index contributed by atoms with van der Waals surface area (Å²) in [6, 6.07) is 33.1. The fraction of sp³-hybridized carbons (Fsp3) is 0.828. The summed E-state index contributed by atoms with van der Waals surface area (Å²) in [7, 11) is -14.9. The summed E-state index contributed by atoms with van der Waals surface area (Å²) in [5, 5.41) is 2.89. The molecule has 0 spiro atoms. The number of carbonyl (C=O) groups is 5. The zero-order valence-electron chi connectivity index (χ0n) is 89.7. The minimum absolute atomic E-state index is 0.0793. The number of hydrogen-bond donors (Lipinski definition) is 0. The van der Waals surface area contributed by atoms with E-state index in [-0.39, 0.29) is 17.7 Å². The predicted molar refractivity (Wildman–Crippen MR) is 600 cm³/mol. The molecule has 9 saturated heterocycles. The third-order valence-corrected chi connectivity index (χ3v) is 116. The van der Waals surface area contributed by atoms with Crippen LogP contribution in [-0.4, -0.2) is 300 Å². The molecule has 0 aliphatic carbocycles. The number of nitrogens with zero attached hydrogens (tertiary/aromatic N) is 12. The lowest BCUT2D eigenvalue weighted by atomic mass is 10.1. The lowest BCUT2D eigenvalue weighted by Crippen LogP contribution is -2.55. The van der Waals surface area contributed by atoms with Crippen LogP contribution in [0.15, 0.2) is 49.1 Å². The smallest absolute Gasteiger partial charge is 0.246 e. The van der Waals surface area contributed by atoms with Crippen molar-refractivity contribution in [2.45, 2.75) is 409 Å². The number of carbonyl (C=O) groups excluding carboxylic acids is 5. The third-order valence-electron chi connectivity index (χ3n) is 32.0. The number of benzene rings is 1. The number of hydroxylamine groups is 4. The molecular weight excluding hydrogens is 1880 g/mol. The number of ketones is 2. The van der Waals surface area contributed by atoms with Crippen LogP contribution in [0.5, 0.6) is 0 Å². The average Bonchev–Trinajstić information content (AvgIpc) is 1.68. The SMILES string of the molecule is C#CCCCN1[Si](C)(C)CC[Si]1(C)C.CON(C)C(=O)CCCN1[Si](C)(C)CC[Si]1(C)C.C[Si]1(C)CC[Si](C)(C)N1CCCC(=O)CCCN1[Si](C)(C)CC[Si]1(C)C.C[Si]1(C)CC[Si](C)(C)N1CCCC(=O)N1CCCO1.C[Si]1(C)CC[Si](C)(C)N1CCCC(=O)c1ccccc1.C[Si]1(C)CC[Si](C)(C)N1CCCC(=O)n1ccnc1.C[Si]1(C)CC[Si](C)(C)N1CCCCl. The van der Waals surface area contributed by atoms with Gasteiger partial charge in [0.15, 0.2) is 5.78 Å². The van der Waals surface area contributed by atoms with Crippen molar-refractivity contribution in [3.05, 3.63) is 54.6 Å². The highest BCUT2D eigenvalue weighted by Gasteiger charge is 2.54. The van der Waals surface area contributed by atoms with Gasteiger partial charge in [0, 0.05) is 75.8 Å². The van der Waals surface area contributed by atoms with E-state index in [2.05, 4.69) is 254 Å². The van der Waals surface area contributed by atoms with Crippen molar-refractivity contribution < 1.29 is 33.6 Å². The van der Waals surface area contributed by atoms with Crippen LogP contribution in [0.1, 0.15) is 118 Å². The van der Waals surface area contributed by atoms with Gasteiger partial charge < -0.3 is 33.8 Å². The Kier molecular flexibility index (Phi) is 46.1. The number of rotatable bonds is 32. The van der Waals surface area contributed by atoms with Crippen LogP contribution < -0.4 is 0 Å². The summed E-state index contributed by atoms with van der Waals surface area (Å²) < 4.78 is 24.6. The number of amides is 2. The number of hydrogen-bond acceptors (Lipinski definition) is 16. The van der Waals surface area contributed by atoms with Gasteiger partial charge in [0.1, 0.15) is 144 Å². The van der Waals surface area contributed by atoms with Gasteiger partial charge >= 0.3 is 0 Å². The molecular formula is C93H197ClN12O7Si16. The second-order valence-electron chi connectivity index (χ2n) is 49.6. The molecule has 1 aromatic heterocycles. The first-order valence-corrected chi connectivity index (χ1v) is 102. The van der Waals surface area contributed by atoms with Gasteiger partial charge in [-0.3, -0.25) is 38.2 Å². The van der Waals surface area contributed by atoms with Crippen molar-refractivity contribution in [1.29, 1.82) is 0 Å². The van der Waals surface area contributed by atoms with Gasteiger partial charge in [-0.25, -0.2) is 15.1 Å². The predicted octanol–water partition coefficient (Wildman–Crippen LogP) is 24.6. The molecule has 9 aliphatic rings. The first-order chi connectivity index (χ1) is 59.3. The Morgan fingerprint density at radius 2 is 0.659 bits per heavy atom. The van der Waals surface area contributed by atoms with E-state index in [1.54, 1.807) is 35.4 Å². The Morgan fingerprint density at radius 3 is 0.922 bits per heavy atom. The molecule has 0 atom stereocenters. The Bertz CT molecular complexity index is 3670. The van der Waals surface area contributed by atoms with E-state index in [4.69, 9.17) is 27.7 Å². The second-order valence-corrected chi connectivity index (χ2v) is 128. The molecule has 9 fully saturated rings. The molecule has 0 bridgehead atoms. The number of unbranched alkanes of at least 4 members (excludes halogenated alkanes) is 1. The van der Waals surface area contributed by atoms with Gasteiger partial charge in [0.2, 0.25) is 17.7 Å². The first kappa shape index (κ1) is 119. The van der Waals surface area contributed by atoms with E-state index in [0.29, 0.717) is 43.9 Å². The second kappa shape index (κ2) is 50.1. The lowest BCUT2D eigenvalue weighted by Gasteiger charge is -2.39. The molecule has 1 aromatic carbocycles. The Balaban J connectivity index is 0.000000269. The molecule has 0 radical (unpaired) electrons. The van der Waals surface area contributed by atoms with E-state index in [0.717, 1.165) is 108 Å². The maximum absolute atomic E-state index is 12.4. The summed E-state index contributed by atoms with van der Waals surface area (Å²) in [4.78, 5) is 74.3. The summed E-state index contributed by atoms with van der Waals surface area (Å²) >= 11 is 5.77. The number of terminal acetylenes is 1. The first-order valence-electron chi connectivity index (χ1n) is 50.8. The molecule has 2 aromatic rings. The molecule has 2 amide bonds. The molecule has 742 valence electrons. The Morgan fingerprint density at radius 1 is 0.388 bits per heavy atom. The van der Waals surface area contributed by atoms with E-state index < -0.39 is 132 Å². The van der Waals surface area contributed by atoms with Crippen LogP contribution in [-0.2, 0) is 24.1 Å². The molecule has 36 heteroatoms. The molecule has 10 heterocycles. The molecule has 0 N–H and O–H groups in total. The summed E-state index contributed by atoms with van der Waals surface area (Å²) in [6.45, 7) is 91.0. The largest absolute Gasteiger partial charge is 0.345 e. The minimum Gasteiger partial charge on any atom is -0.345 e.